The number of nitrogens with one attached hydrogen (secondary N) is 1. The number of anilines is 1. The molecule has 0 saturated carbocycles. The molecule has 142 valence electrons. The number of hydrogen-bond acceptors (Lipinski definition) is 5. The lowest BCUT2D eigenvalue weighted by Crippen LogP contribution is -2.11. The lowest BCUT2D eigenvalue weighted by Gasteiger charge is -2.09. The highest BCUT2D eigenvalue weighted by Crippen LogP contribution is 2.28. The second kappa shape index (κ2) is 9.43. The fourth-order valence-electron chi connectivity index (χ4n) is 2.40. The molecular weight excluding hydrogens is 346 g/mol. The molecule has 2 aromatic rings. The smallest absolute Gasteiger partial charge is 0.338 e. The molecule has 0 unspecified atom stereocenters. The molecule has 0 aliphatic heterocycles. The Morgan fingerprint density at radius 2 is 1.78 bits per heavy atom. The standard InChI is InChI=1S/C21H23NO5/c1-5-27-21(24)16-9-6-14(2)17(13-16)22-20(23)11-8-15-7-10-18(25-3)19(12-15)26-4/h6-13H,5H2,1-4H3,(H,22,23)/b11-8+. The molecule has 27 heavy (non-hydrogen) atoms. The topological polar surface area (TPSA) is 73.9 Å². The van der Waals surface area contributed by atoms with Crippen LogP contribution in [0.2, 0.25) is 0 Å². The van der Waals surface area contributed by atoms with Gasteiger partial charge in [-0.05, 0) is 55.3 Å². The van der Waals surface area contributed by atoms with Crippen molar-refractivity contribution in [3.63, 3.8) is 0 Å². The zero-order valence-corrected chi connectivity index (χ0v) is 15.9. The number of hydrogen-bond donors (Lipinski definition) is 1. The maximum Gasteiger partial charge on any atom is 0.338 e. The molecule has 0 atom stereocenters. The largest absolute Gasteiger partial charge is 0.493 e. The van der Waals surface area contributed by atoms with E-state index in [0.717, 1.165) is 11.1 Å². The third-order valence-corrected chi connectivity index (χ3v) is 3.84. The van der Waals surface area contributed by atoms with Crippen molar-refractivity contribution in [2.45, 2.75) is 13.8 Å². The van der Waals surface area contributed by atoms with E-state index < -0.39 is 5.97 Å². The molecule has 0 aliphatic carbocycles. The fraction of sp³-hybridized carbons (Fsp3) is 0.238. The molecule has 0 bridgehead atoms. The molecular formula is C21H23NO5. The number of amides is 1. The summed E-state index contributed by atoms with van der Waals surface area (Å²) in [6.07, 6.45) is 3.08. The Kier molecular flexibility index (Phi) is 7.00. The Balaban J connectivity index is 2.12. The van der Waals surface area contributed by atoms with Crippen molar-refractivity contribution in [2.24, 2.45) is 0 Å². The van der Waals surface area contributed by atoms with E-state index in [9.17, 15) is 9.59 Å². The highest BCUT2D eigenvalue weighted by Gasteiger charge is 2.10. The molecule has 6 nitrogen and oxygen atoms in total. The summed E-state index contributed by atoms with van der Waals surface area (Å²) in [5.41, 5.74) is 2.58. The summed E-state index contributed by atoms with van der Waals surface area (Å²) in [5, 5.41) is 2.78. The van der Waals surface area contributed by atoms with Gasteiger partial charge in [0.05, 0.1) is 26.4 Å². The van der Waals surface area contributed by atoms with Crippen molar-refractivity contribution in [3.8, 4) is 11.5 Å². The van der Waals surface area contributed by atoms with Gasteiger partial charge in [-0.3, -0.25) is 4.79 Å². The fourth-order valence-corrected chi connectivity index (χ4v) is 2.40. The highest BCUT2D eigenvalue weighted by molar-refractivity contribution is 6.03. The van der Waals surface area contributed by atoms with Crippen LogP contribution in [-0.4, -0.2) is 32.7 Å². The molecule has 0 aliphatic rings. The van der Waals surface area contributed by atoms with Gasteiger partial charge in [0, 0.05) is 11.8 Å². The second-order valence-electron chi connectivity index (χ2n) is 5.69. The van der Waals surface area contributed by atoms with E-state index in [2.05, 4.69) is 5.32 Å². The molecule has 0 heterocycles. The van der Waals surface area contributed by atoms with Gasteiger partial charge >= 0.3 is 5.97 Å². The van der Waals surface area contributed by atoms with Crippen LogP contribution in [0.15, 0.2) is 42.5 Å². The molecule has 0 saturated heterocycles. The average molecular weight is 369 g/mol. The number of aryl methyl sites for hydroxylation is 1. The minimum absolute atomic E-state index is 0.294. The first-order chi connectivity index (χ1) is 13.0. The van der Waals surface area contributed by atoms with Gasteiger partial charge in [0.15, 0.2) is 11.5 Å². The molecule has 6 heteroatoms. The minimum Gasteiger partial charge on any atom is -0.493 e. The number of ether oxygens (including phenoxy) is 3. The summed E-state index contributed by atoms with van der Waals surface area (Å²) < 4.78 is 15.4. The van der Waals surface area contributed by atoms with Crippen LogP contribution in [0.5, 0.6) is 11.5 Å². The first-order valence-corrected chi connectivity index (χ1v) is 8.47. The third kappa shape index (κ3) is 5.34. The summed E-state index contributed by atoms with van der Waals surface area (Å²) in [6.45, 7) is 3.89. The second-order valence-corrected chi connectivity index (χ2v) is 5.69. The van der Waals surface area contributed by atoms with Crippen molar-refractivity contribution in [1.82, 2.24) is 0 Å². The number of benzene rings is 2. The third-order valence-electron chi connectivity index (χ3n) is 3.84. The van der Waals surface area contributed by atoms with E-state index in [-0.39, 0.29) is 5.91 Å². The van der Waals surface area contributed by atoms with E-state index in [0.29, 0.717) is 29.4 Å². The Morgan fingerprint density at radius 1 is 1.04 bits per heavy atom. The quantitative estimate of drug-likeness (QED) is 0.593. The molecule has 0 radical (unpaired) electrons. The van der Waals surface area contributed by atoms with Crippen LogP contribution in [0.25, 0.3) is 6.08 Å². The van der Waals surface area contributed by atoms with Crippen LogP contribution in [0.1, 0.15) is 28.4 Å². The van der Waals surface area contributed by atoms with Gasteiger partial charge in [0.1, 0.15) is 0 Å². The SMILES string of the molecule is CCOC(=O)c1ccc(C)c(NC(=O)/C=C/c2ccc(OC)c(OC)c2)c1. The molecule has 2 rings (SSSR count). The summed E-state index contributed by atoms with van der Waals surface area (Å²) in [4.78, 5) is 24.1. The van der Waals surface area contributed by atoms with E-state index in [1.165, 1.54) is 6.08 Å². The normalized spacial score (nSPS) is 10.5. The number of rotatable bonds is 7. The average Bonchev–Trinajstić information content (AvgIpc) is 2.67. The van der Waals surface area contributed by atoms with Gasteiger partial charge in [-0.15, -0.1) is 0 Å². The highest BCUT2D eigenvalue weighted by atomic mass is 16.5. The van der Waals surface area contributed by atoms with Crippen LogP contribution >= 0.6 is 0 Å². The van der Waals surface area contributed by atoms with Gasteiger partial charge in [0.2, 0.25) is 5.91 Å². The van der Waals surface area contributed by atoms with E-state index in [1.807, 2.05) is 13.0 Å². The molecule has 1 amide bonds. The molecule has 0 aromatic heterocycles. The Morgan fingerprint density at radius 3 is 2.44 bits per heavy atom. The first-order valence-electron chi connectivity index (χ1n) is 8.47. The maximum atomic E-state index is 12.3. The summed E-state index contributed by atoms with van der Waals surface area (Å²) in [7, 11) is 3.12. The van der Waals surface area contributed by atoms with E-state index in [4.69, 9.17) is 14.2 Å². The molecule has 0 spiro atoms. The molecule has 2 aromatic carbocycles. The van der Waals surface area contributed by atoms with Crippen molar-refractivity contribution < 1.29 is 23.8 Å². The van der Waals surface area contributed by atoms with Gasteiger partial charge < -0.3 is 19.5 Å². The van der Waals surface area contributed by atoms with Crippen molar-refractivity contribution in [2.75, 3.05) is 26.1 Å². The van der Waals surface area contributed by atoms with E-state index >= 15 is 0 Å². The van der Waals surface area contributed by atoms with Crippen molar-refractivity contribution >= 4 is 23.6 Å². The molecule has 1 N–H and O–H groups in total. The van der Waals surface area contributed by atoms with Crippen LogP contribution in [0, 0.1) is 6.92 Å². The lowest BCUT2D eigenvalue weighted by atomic mass is 10.1. The van der Waals surface area contributed by atoms with Crippen molar-refractivity contribution in [3.05, 3.63) is 59.2 Å². The zero-order valence-electron chi connectivity index (χ0n) is 15.9. The van der Waals surface area contributed by atoms with Crippen LogP contribution < -0.4 is 14.8 Å². The summed E-state index contributed by atoms with van der Waals surface area (Å²) in [5.74, 6) is 0.464. The number of carbonyl (C=O) groups is 2. The predicted molar refractivity (Wildman–Crippen MR) is 104 cm³/mol. The summed E-state index contributed by atoms with van der Waals surface area (Å²) >= 11 is 0. The van der Waals surface area contributed by atoms with Crippen LogP contribution in [0.4, 0.5) is 5.69 Å². The predicted octanol–water partition coefficient (Wildman–Crippen LogP) is 3.84. The Bertz CT molecular complexity index is 858. The number of carbonyl (C=O) groups excluding carboxylic acids is 2. The van der Waals surface area contributed by atoms with Gasteiger partial charge in [-0.1, -0.05) is 12.1 Å². The lowest BCUT2D eigenvalue weighted by molar-refractivity contribution is -0.111. The van der Waals surface area contributed by atoms with Crippen molar-refractivity contribution in [1.29, 1.82) is 0 Å². The number of methoxy groups -OCH3 is 2. The first kappa shape index (κ1) is 20.0. The Labute approximate surface area is 158 Å². The van der Waals surface area contributed by atoms with Gasteiger partial charge in [0.25, 0.3) is 0 Å². The molecule has 0 fully saturated rings. The van der Waals surface area contributed by atoms with Crippen LogP contribution in [0.3, 0.4) is 0 Å². The number of esters is 1. The maximum absolute atomic E-state index is 12.3. The minimum atomic E-state index is -0.422. The Hall–Kier alpha value is -3.28. The monoisotopic (exact) mass is 369 g/mol. The summed E-state index contributed by atoms with van der Waals surface area (Å²) in [6, 6.07) is 10.4. The zero-order chi connectivity index (χ0) is 19.8. The van der Waals surface area contributed by atoms with E-state index in [1.54, 1.807) is 57.6 Å². The van der Waals surface area contributed by atoms with Gasteiger partial charge in [-0.2, -0.15) is 0 Å². The van der Waals surface area contributed by atoms with Gasteiger partial charge in [-0.25, -0.2) is 4.79 Å². The van der Waals surface area contributed by atoms with Crippen LogP contribution in [-0.2, 0) is 9.53 Å².